The Morgan fingerprint density at radius 3 is 2.67 bits per heavy atom. The van der Waals surface area contributed by atoms with Gasteiger partial charge < -0.3 is 10.2 Å². The van der Waals surface area contributed by atoms with Gasteiger partial charge in [0.2, 0.25) is 0 Å². The maximum atomic E-state index is 5.01. The fraction of sp³-hybridized carbons (Fsp3) is 0.824. The highest BCUT2D eigenvalue weighted by Crippen LogP contribution is 2.36. The number of hydrogen-bond donors (Lipinski definition) is 1. The van der Waals surface area contributed by atoms with Gasteiger partial charge in [0.05, 0.1) is 11.2 Å². The van der Waals surface area contributed by atoms with E-state index in [-0.39, 0.29) is 5.54 Å². The third-order valence-electron chi connectivity index (χ3n) is 4.73. The molecule has 1 aliphatic heterocycles. The van der Waals surface area contributed by atoms with Gasteiger partial charge in [-0.05, 0) is 58.7 Å². The van der Waals surface area contributed by atoms with Crippen LogP contribution in [0.15, 0.2) is 0 Å². The standard InChI is InChI=1S/C17H31N3S/c1-5-11-18-17(9-8-12-20(7-3)13-10-17)16-19-15(6-2)14(4)21-16/h18H,5-13H2,1-4H3. The molecule has 1 aliphatic rings. The summed E-state index contributed by atoms with van der Waals surface area (Å²) < 4.78 is 0. The van der Waals surface area contributed by atoms with Crippen LogP contribution in [0, 0.1) is 6.92 Å². The van der Waals surface area contributed by atoms with Gasteiger partial charge in [-0.25, -0.2) is 4.98 Å². The minimum absolute atomic E-state index is 0.114. The molecular weight excluding hydrogens is 278 g/mol. The number of aromatic nitrogens is 1. The second-order valence-electron chi connectivity index (χ2n) is 6.17. The number of thiazole rings is 1. The van der Waals surface area contributed by atoms with Crippen molar-refractivity contribution in [2.24, 2.45) is 0 Å². The van der Waals surface area contributed by atoms with Crippen LogP contribution in [-0.2, 0) is 12.0 Å². The highest BCUT2D eigenvalue weighted by Gasteiger charge is 2.36. The third-order valence-corrected chi connectivity index (χ3v) is 5.95. The minimum Gasteiger partial charge on any atom is -0.305 e. The fourth-order valence-electron chi connectivity index (χ4n) is 3.30. The van der Waals surface area contributed by atoms with Crippen LogP contribution in [0.4, 0.5) is 0 Å². The van der Waals surface area contributed by atoms with Crippen molar-refractivity contribution in [3.8, 4) is 0 Å². The summed E-state index contributed by atoms with van der Waals surface area (Å²) in [6.07, 6.45) is 5.92. The summed E-state index contributed by atoms with van der Waals surface area (Å²) in [6, 6.07) is 0. The molecule has 21 heavy (non-hydrogen) atoms. The van der Waals surface area contributed by atoms with Gasteiger partial charge in [0.1, 0.15) is 5.01 Å². The first-order chi connectivity index (χ1) is 10.1. The normalized spacial score (nSPS) is 24.2. The second kappa shape index (κ2) is 7.70. The van der Waals surface area contributed by atoms with Crippen molar-refractivity contribution in [1.29, 1.82) is 0 Å². The monoisotopic (exact) mass is 309 g/mol. The van der Waals surface area contributed by atoms with Crippen LogP contribution < -0.4 is 5.32 Å². The summed E-state index contributed by atoms with van der Waals surface area (Å²) in [5, 5.41) is 5.21. The van der Waals surface area contributed by atoms with Gasteiger partial charge in [-0.1, -0.05) is 20.8 Å². The summed E-state index contributed by atoms with van der Waals surface area (Å²) >= 11 is 1.92. The van der Waals surface area contributed by atoms with E-state index in [1.807, 2.05) is 11.3 Å². The molecule has 0 bridgehead atoms. The molecule has 0 saturated carbocycles. The molecule has 2 rings (SSSR count). The fourth-order valence-corrected chi connectivity index (χ4v) is 4.52. The molecule has 1 atom stereocenters. The van der Waals surface area contributed by atoms with Crippen LogP contribution in [0.2, 0.25) is 0 Å². The summed E-state index contributed by atoms with van der Waals surface area (Å²) in [5.41, 5.74) is 1.41. The van der Waals surface area contributed by atoms with Gasteiger partial charge in [0.15, 0.2) is 0 Å². The summed E-state index contributed by atoms with van der Waals surface area (Å²) in [4.78, 5) is 8.99. The molecule has 0 radical (unpaired) electrons. The quantitative estimate of drug-likeness (QED) is 0.868. The van der Waals surface area contributed by atoms with E-state index in [1.54, 1.807) is 0 Å². The largest absolute Gasteiger partial charge is 0.305 e. The Morgan fingerprint density at radius 2 is 2.05 bits per heavy atom. The predicted octanol–water partition coefficient (Wildman–Crippen LogP) is 3.71. The molecule has 4 heteroatoms. The van der Waals surface area contributed by atoms with E-state index in [9.17, 15) is 0 Å². The number of nitrogens with one attached hydrogen (secondary N) is 1. The lowest BCUT2D eigenvalue weighted by atomic mass is 9.91. The lowest BCUT2D eigenvalue weighted by Gasteiger charge is -2.32. The molecule has 1 fully saturated rings. The lowest BCUT2D eigenvalue weighted by Crippen LogP contribution is -2.43. The van der Waals surface area contributed by atoms with Crippen LogP contribution in [0.1, 0.15) is 62.0 Å². The molecule has 1 saturated heterocycles. The number of hydrogen-bond acceptors (Lipinski definition) is 4. The lowest BCUT2D eigenvalue weighted by molar-refractivity contribution is 0.264. The van der Waals surface area contributed by atoms with Gasteiger partial charge in [-0.3, -0.25) is 0 Å². The number of aryl methyl sites for hydroxylation is 2. The highest BCUT2D eigenvalue weighted by molar-refractivity contribution is 7.11. The molecule has 120 valence electrons. The SMILES string of the molecule is CCCNC1(c2nc(CC)c(C)s2)CCCN(CC)CC1. The Balaban J connectivity index is 2.27. The van der Waals surface area contributed by atoms with Crippen molar-refractivity contribution < 1.29 is 0 Å². The van der Waals surface area contributed by atoms with E-state index < -0.39 is 0 Å². The van der Waals surface area contributed by atoms with Crippen LogP contribution in [0.3, 0.4) is 0 Å². The Labute approximate surface area is 134 Å². The maximum absolute atomic E-state index is 5.01. The van der Waals surface area contributed by atoms with Gasteiger partial charge in [-0.2, -0.15) is 0 Å². The molecule has 3 nitrogen and oxygen atoms in total. The predicted molar refractivity (Wildman–Crippen MR) is 92.2 cm³/mol. The first-order valence-electron chi connectivity index (χ1n) is 8.59. The number of rotatable bonds is 6. The molecule has 0 aliphatic carbocycles. The van der Waals surface area contributed by atoms with Crippen molar-refractivity contribution in [2.75, 3.05) is 26.2 Å². The van der Waals surface area contributed by atoms with E-state index in [0.29, 0.717) is 0 Å². The van der Waals surface area contributed by atoms with E-state index >= 15 is 0 Å². The average Bonchev–Trinajstić information content (AvgIpc) is 2.76. The smallest absolute Gasteiger partial charge is 0.113 e. The van der Waals surface area contributed by atoms with Gasteiger partial charge in [-0.15, -0.1) is 11.3 Å². The zero-order valence-electron chi connectivity index (χ0n) is 14.2. The average molecular weight is 310 g/mol. The molecule has 1 unspecified atom stereocenters. The molecule has 1 aromatic heterocycles. The van der Waals surface area contributed by atoms with Crippen molar-refractivity contribution in [2.45, 2.75) is 65.3 Å². The topological polar surface area (TPSA) is 28.2 Å². The van der Waals surface area contributed by atoms with Gasteiger partial charge in [0, 0.05) is 11.4 Å². The Kier molecular flexibility index (Phi) is 6.20. The molecule has 0 aromatic carbocycles. The van der Waals surface area contributed by atoms with Crippen LogP contribution in [-0.4, -0.2) is 36.1 Å². The Hall–Kier alpha value is -0.450. The van der Waals surface area contributed by atoms with E-state index in [4.69, 9.17) is 4.98 Å². The number of nitrogens with zero attached hydrogens (tertiary/aromatic N) is 2. The van der Waals surface area contributed by atoms with E-state index in [2.05, 4.69) is 37.9 Å². The molecule has 1 aromatic rings. The van der Waals surface area contributed by atoms with E-state index in [1.165, 1.54) is 60.9 Å². The zero-order chi connectivity index (χ0) is 15.3. The Morgan fingerprint density at radius 1 is 1.24 bits per heavy atom. The molecule has 0 amide bonds. The zero-order valence-corrected chi connectivity index (χ0v) is 15.0. The van der Waals surface area contributed by atoms with Crippen LogP contribution >= 0.6 is 11.3 Å². The number of likely N-dealkylation sites (tertiary alicyclic amines) is 1. The third kappa shape index (κ3) is 3.85. The van der Waals surface area contributed by atoms with Gasteiger partial charge in [0.25, 0.3) is 0 Å². The second-order valence-corrected chi connectivity index (χ2v) is 7.38. The van der Waals surface area contributed by atoms with Crippen LogP contribution in [0.25, 0.3) is 0 Å². The van der Waals surface area contributed by atoms with Crippen molar-refractivity contribution in [3.63, 3.8) is 0 Å². The summed E-state index contributed by atoms with van der Waals surface area (Å²) in [6.45, 7) is 13.6. The first-order valence-corrected chi connectivity index (χ1v) is 9.41. The maximum Gasteiger partial charge on any atom is 0.113 e. The Bertz CT molecular complexity index is 443. The van der Waals surface area contributed by atoms with Gasteiger partial charge >= 0.3 is 0 Å². The van der Waals surface area contributed by atoms with Crippen molar-refractivity contribution >= 4 is 11.3 Å². The van der Waals surface area contributed by atoms with Crippen molar-refractivity contribution in [1.82, 2.24) is 15.2 Å². The summed E-state index contributed by atoms with van der Waals surface area (Å²) in [5.74, 6) is 0. The highest BCUT2D eigenvalue weighted by atomic mass is 32.1. The van der Waals surface area contributed by atoms with Crippen molar-refractivity contribution in [3.05, 3.63) is 15.6 Å². The molecule has 2 heterocycles. The molecule has 0 spiro atoms. The van der Waals surface area contributed by atoms with Crippen LogP contribution in [0.5, 0.6) is 0 Å². The minimum atomic E-state index is 0.114. The summed E-state index contributed by atoms with van der Waals surface area (Å²) in [7, 11) is 0. The van der Waals surface area contributed by atoms with E-state index in [0.717, 1.165) is 13.0 Å². The first kappa shape index (κ1) is 16.9. The molecule has 1 N–H and O–H groups in total. The molecular formula is C17H31N3S.